The summed E-state index contributed by atoms with van der Waals surface area (Å²) in [4.78, 5) is 14.8. The summed E-state index contributed by atoms with van der Waals surface area (Å²) < 4.78 is 27.0. The number of hydrogen-bond donors (Lipinski definition) is 1. The number of fused-ring (bicyclic) bond motifs is 1. The molecule has 6 nitrogen and oxygen atoms in total. The average molecular weight is 416 g/mol. The van der Waals surface area contributed by atoms with E-state index in [1.165, 1.54) is 9.87 Å². The second-order valence-corrected chi connectivity index (χ2v) is 9.09. The molecular weight excluding hydrogens is 386 g/mol. The third-order valence-electron chi connectivity index (χ3n) is 5.37. The number of anilines is 2. The molecule has 0 atom stereocenters. The van der Waals surface area contributed by atoms with Crippen molar-refractivity contribution >= 4 is 27.3 Å². The highest BCUT2D eigenvalue weighted by Gasteiger charge is 2.26. The van der Waals surface area contributed by atoms with Gasteiger partial charge < -0.3 is 10.2 Å². The Bertz CT molecular complexity index is 967. The topological polar surface area (TPSA) is 69.7 Å². The number of sulfonamides is 1. The maximum Gasteiger partial charge on any atom is 0.243 e. The number of carbonyl (C=O) groups is 1. The number of carbonyl (C=O) groups excluding carboxylic acids is 1. The minimum atomic E-state index is -3.47. The van der Waals surface area contributed by atoms with Crippen molar-refractivity contribution in [3.63, 3.8) is 0 Å². The molecule has 0 bridgehead atoms. The van der Waals surface area contributed by atoms with Crippen molar-refractivity contribution in [2.24, 2.45) is 0 Å². The summed E-state index contributed by atoms with van der Waals surface area (Å²) in [7, 11) is -3.47. The van der Waals surface area contributed by atoms with Crippen molar-refractivity contribution < 1.29 is 13.2 Å². The summed E-state index contributed by atoms with van der Waals surface area (Å²) in [6, 6.07) is 13.1. The van der Waals surface area contributed by atoms with Gasteiger partial charge in [0.25, 0.3) is 0 Å². The van der Waals surface area contributed by atoms with E-state index in [2.05, 4.69) is 12.2 Å². The van der Waals surface area contributed by atoms with Gasteiger partial charge in [0, 0.05) is 31.0 Å². The summed E-state index contributed by atoms with van der Waals surface area (Å²) >= 11 is 0. The minimum absolute atomic E-state index is 0.0815. The van der Waals surface area contributed by atoms with Crippen LogP contribution in [0.3, 0.4) is 0 Å². The van der Waals surface area contributed by atoms with Crippen LogP contribution in [0.2, 0.25) is 0 Å². The van der Waals surface area contributed by atoms with E-state index in [0.717, 1.165) is 29.8 Å². The highest BCUT2D eigenvalue weighted by atomic mass is 32.2. The maximum atomic E-state index is 12.8. The molecule has 0 unspecified atom stereocenters. The van der Waals surface area contributed by atoms with Crippen molar-refractivity contribution in [2.45, 2.75) is 38.5 Å². The molecule has 1 aliphatic heterocycles. The summed E-state index contributed by atoms with van der Waals surface area (Å²) in [5.74, 6) is -0.0815. The normalized spacial score (nSPS) is 13.6. The lowest BCUT2D eigenvalue weighted by atomic mass is 10.1. The first-order valence-corrected chi connectivity index (χ1v) is 11.6. The van der Waals surface area contributed by atoms with E-state index in [9.17, 15) is 13.2 Å². The molecule has 1 N–H and O–H groups in total. The van der Waals surface area contributed by atoms with Crippen LogP contribution in [0, 0.1) is 0 Å². The van der Waals surface area contributed by atoms with Gasteiger partial charge in [0.1, 0.15) is 0 Å². The predicted octanol–water partition coefficient (Wildman–Crippen LogP) is 3.28. The quantitative estimate of drug-likeness (QED) is 0.718. The molecule has 0 aromatic heterocycles. The van der Waals surface area contributed by atoms with Crippen LogP contribution in [0.25, 0.3) is 0 Å². The summed E-state index contributed by atoms with van der Waals surface area (Å²) in [6.07, 6.45) is 1.69. The monoisotopic (exact) mass is 415 g/mol. The smallest absolute Gasteiger partial charge is 0.243 e. The zero-order valence-corrected chi connectivity index (χ0v) is 18.1. The molecule has 1 amide bonds. The third-order valence-corrected chi connectivity index (χ3v) is 7.41. The van der Waals surface area contributed by atoms with Gasteiger partial charge in [-0.2, -0.15) is 4.31 Å². The Kier molecular flexibility index (Phi) is 6.59. The highest BCUT2D eigenvalue weighted by molar-refractivity contribution is 7.89. The molecule has 2 aromatic rings. The second kappa shape index (κ2) is 8.97. The fourth-order valence-corrected chi connectivity index (χ4v) is 5.19. The molecule has 0 radical (unpaired) electrons. The van der Waals surface area contributed by atoms with E-state index < -0.39 is 10.0 Å². The Balaban J connectivity index is 1.70. The van der Waals surface area contributed by atoms with Crippen LogP contribution < -0.4 is 10.2 Å². The van der Waals surface area contributed by atoms with Crippen LogP contribution >= 0.6 is 0 Å². The van der Waals surface area contributed by atoms with Crippen molar-refractivity contribution in [3.8, 4) is 0 Å². The third kappa shape index (κ3) is 4.62. The van der Waals surface area contributed by atoms with Gasteiger partial charge in [0.05, 0.1) is 11.4 Å². The number of rotatable bonds is 8. The van der Waals surface area contributed by atoms with Crippen molar-refractivity contribution in [1.82, 2.24) is 4.31 Å². The Morgan fingerprint density at radius 3 is 2.38 bits per heavy atom. The maximum absolute atomic E-state index is 12.8. The standard InChI is InChI=1S/C22H29N3O3S/c1-4-17-7-9-19(10-8-17)23-22(26)16-24-14-13-18-15-20(11-12-21(18)24)29(27,28)25(5-2)6-3/h7-12,15H,4-6,13-14,16H2,1-3H3,(H,23,26). The molecule has 29 heavy (non-hydrogen) atoms. The van der Waals surface area contributed by atoms with Gasteiger partial charge in [-0.3, -0.25) is 4.79 Å². The Morgan fingerprint density at radius 2 is 1.76 bits per heavy atom. The summed E-state index contributed by atoms with van der Waals surface area (Å²) in [6.45, 7) is 7.60. The lowest BCUT2D eigenvalue weighted by Crippen LogP contribution is -2.32. The summed E-state index contributed by atoms with van der Waals surface area (Å²) in [5.41, 5.74) is 3.91. The fourth-order valence-electron chi connectivity index (χ4n) is 3.68. The van der Waals surface area contributed by atoms with E-state index in [4.69, 9.17) is 0 Å². The number of amides is 1. The molecule has 156 valence electrons. The van der Waals surface area contributed by atoms with Gasteiger partial charge in [0.2, 0.25) is 15.9 Å². The minimum Gasteiger partial charge on any atom is -0.362 e. The molecule has 7 heteroatoms. The number of nitrogens with one attached hydrogen (secondary N) is 1. The first-order chi connectivity index (χ1) is 13.9. The number of hydrogen-bond acceptors (Lipinski definition) is 4. The van der Waals surface area contributed by atoms with E-state index >= 15 is 0 Å². The van der Waals surface area contributed by atoms with E-state index in [1.807, 2.05) is 49.1 Å². The van der Waals surface area contributed by atoms with Gasteiger partial charge >= 0.3 is 0 Å². The molecule has 3 rings (SSSR count). The van der Waals surface area contributed by atoms with Crippen molar-refractivity contribution in [1.29, 1.82) is 0 Å². The van der Waals surface area contributed by atoms with E-state index in [-0.39, 0.29) is 12.5 Å². The van der Waals surface area contributed by atoms with Crippen LogP contribution in [0.5, 0.6) is 0 Å². The predicted molar refractivity (Wildman–Crippen MR) is 117 cm³/mol. The average Bonchev–Trinajstić information content (AvgIpc) is 3.11. The molecule has 1 aliphatic rings. The van der Waals surface area contributed by atoms with Gasteiger partial charge in [-0.25, -0.2) is 8.42 Å². The zero-order chi connectivity index (χ0) is 21.0. The molecule has 0 aliphatic carbocycles. The summed E-state index contributed by atoms with van der Waals surface area (Å²) in [5, 5.41) is 2.93. The largest absolute Gasteiger partial charge is 0.362 e. The molecule has 0 saturated carbocycles. The van der Waals surface area contributed by atoms with E-state index in [1.54, 1.807) is 12.1 Å². The van der Waals surface area contributed by atoms with Crippen molar-refractivity contribution in [2.75, 3.05) is 36.4 Å². The molecule has 2 aromatic carbocycles. The van der Waals surface area contributed by atoms with Crippen LogP contribution in [-0.4, -0.2) is 44.8 Å². The lowest BCUT2D eigenvalue weighted by molar-refractivity contribution is -0.115. The number of benzene rings is 2. The SMILES string of the molecule is CCc1ccc(NC(=O)CN2CCc3cc(S(=O)(=O)N(CC)CC)ccc32)cc1. The van der Waals surface area contributed by atoms with Gasteiger partial charge in [0.15, 0.2) is 0 Å². The Labute approximate surface area is 173 Å². The van der Waals surface area contributed by atoms with Gasteiger partial charge in [-0.05, 0) is 54.3 Å². The first-order valence-electron chi connectivity index (χ1n) is 10.2. The highest BCUT2D eigenvalue weighted by Crippen LogP contribution is 2.31. The Morgan fingerprint density at radius 1 is 1.07 bits per heavy atom. The molecule has 0 fully saturated rings. The number of aryl methyl sites for hydroxylation is 1. The molecular formula is C22H29N3O3S. The Hall–Kier alpha value is -2.38. The molecule has 1 heterocycles. The number of nitrogens with zero attached hydrogens (tertiary/aromatic N) is 2. The van der Waals surface area contributed by atoms with Crippen LogP contribution in [0.4, 0.5) is 11.4 Å². The lowest BCUT2D eigenvalue weighted by Gasteiger charge is -2.21. The van der Waals surface area contributed by atoms with Crippen molar-refractivity contribution in [3.05, 3.63) is 53.6 Å². The second-order valence-electron chi connectivity index (χ2n) is 7.15. The molecule has 0 saturated heterocycles. The fraction of sp³-hybridized carbons (Fsp3) is 0.409. The van der Waals surface area contributed by atoms with Crippen LogP contribution in [0.15, 0.2) is 47.4 Å². The van der Waals surface area contributed by atoms with Crippen LogP contribution in [0.1, 0.15) is 31.9 Å². The van der Waals surface area contributed by atoms with Gasteiger partial charge in [-0.1, -0.05) is 32.9 Å². The van der Waals surface area contributed by atoms with E-state index in [0.29, 0.717) is 24.5 Å². The van der Waals surface area contributed by atoms with Crippen LogP contribution in [-0.2, 0) is 27.7 Å². The first kappa shape index (κ1) is 21.3. The zero-order valence-electron chi connectivity index (χ0n) is 17.3. The van der Waals surface area contributed by atoms with Gasteiger partial charge in [-0.15, -0.1) is 0 Å². The molecule has 0 spiro atoms.